The first kappa shape index (κ1) is 16.0. The van der Waals surface area contributed by atoms with Crippen LogP contribution >= 0.6 is 0 Å². The van der Waals surface area contributed by atoms with Gasteiger partial charge in [0.25, 0.3) is 0 Å². The Bertz CT molecular complexity index is 492. The van der Waals surface area contributed by atoms with Crippen LogP contribution in [0.4, 0.5) is 10.6 Å². The summed E-state index contributed by atoms with van der Waals surface area (Å²) in [7, 11) is 0. The first-order valence-corrected chi connectivity index (χ1v) is 8.51. The molecule has 126 valence electrons. The van der Waals surface area contributed by atoms with Gasteiger partial charge in [-0.1, -0.05) is 18.9 Å². The maximum absolute atomic E-state index is 11.8. The molecule has 3 rings (SSSR count). The lowest BCUT2D eigenvalue weighted by Crippen LogP contribution is -2.44. The van der Waals surface area contributed by atoms with Crippen molar-refractivity contribution in [1.29, 1.82) is 0 Å². The van der Waals surface area contributed by atoms with Gasteiger partial charge in [-0.15, -0.1) is 0 Å². The van der Waals surface area contributed by atoms with E-state index in [1.54, 1.807) is 0 Å². The Morgan fingerprint density at radius 3 is 2.57 bits per heavy atom. The van der Waals surface area contributed by atoms with Crippen LogP contribution in [0.5, 0.6) is 0 Å². The molecule has 2 saturated heterocycles. The van der Waals surface area contributed by atoms with Crippen molar-refractivity contribution in [2.24, 2.45) is 0 Å². The van der Waals surface area contributed by atoms with Crippen molar-refractivity contribution in [3.63, 3.8) is 0 Å². The van der Waals surface area contributed by atoms with Crippen LogP contribution in [0.3, 0.4) is 0 Å². The molecule has 0 aliphatic carbocycles. The molecule has 23 heavy (non-hydrogen) atoms. The maximum Gasteiger partial charge on any atom is 0.315 e. The van der Waals surface area contributed by atoms with Crippen LogP contribution in [-0.2, 0) is 6.54 Å². The predicted molar refractivity (Wildman–Crippen MR) is 90.1 cm³/mol. The fourth-order valence-corrected chi connectivity index (χ4v) is 2.99. The van der Waals surface area contributed by atoms with Crippen LogP contribution in [0.25, 0.3) is 0 Å². The van der Waals surface area contributed by atoms with Crippen molar-refractivity contribution in [2.45, 2.75) is 38.3 Å². The molecule has 7 heteroatoms. The molecule has 2 aliphatic heterocycles. The Labute approximate surface area is 137 Å². The molecule has 1 aromatic heterocycles. The van der Waals surface area contributed by atoms with Gasteiger partial charge in [0.05, 0.1) is 6.04 Å². The van der Waals surface area contributed by atoms with Crippen LogP contribution in [0, 0.1) is 0 Å². The predicted octanol–water partition coefficient (Wildman–Crippen LogP) is 0.738. The number of hydrogen-bond acceptors (Lipinski definition) is 5. The number of rotatable bonds is 4. The third kappa shape index (κ3) is 4.80. The van der Waals surface area contributed by atoms with Gasteiger partial charge in [-0.3, -0.25) is 10.9 Å². The van der Waals surface area contributed by atoms with Crippen LogP contribution in [0.1, 0.15) is 31.2 Å². The van der Waals surface area contributed by atoms with E-state index in [0.717, 1.165) is 37.6 Å². The minimum atomic E-state index is -0.142. The summed E-state index contributed by atoms with van der Waals surface area (Å²) in [4.78, 5) is 18.7. The van der Waals surface area contributed by atoms with Crippen molar-refractivity contribution in [3.05, 3.63) is 23.9 Å². The van der Waals surface area contributed by atoms with Crippen molar-refractivity contribution >= 4 is 11.8 Å². The van der Waals surface area contributed by atoms with Crippen LogP contribution in [0.2, 0.25) is 0 Å². The molecule has 0 spiro atoms. The average molecular weight is 318 g/mol. The number of nitrogens with zero attached hydrogens (tertiary/aromatic N) is 2. The summed E-state index contributed by atoms with van der Waals surface area (Å²) in [5.41, 5.74) is 6.99. The smallest absolute Gasteiger partial charge is 0.315 e. The molecule has 0 saturated carbocycles. The third-order valence-corrected chi connectivity index (χ3v) is 4.35. The van der Waals surface area contributed by atoms with Gasteiger partial charge in [-0.05, 0) is 24.5 Å². The fraction of sp³-hybridized carbons (Fsp3) is 0.625. The summed E-state index contributed by atoms with van der Waals surface area (Å²) < 4.78 is 0. The number of nitrogens with one attached hydrogen (secondary N) is 4. The van der Waals surface area contributed by atoms with Gasteiger partial charge in [-0.25, -0.2) is 9.78 Å². The number of hydrazine groups is 1. The van der Waals surface area contributed by atoms with E-state index in [4.69, 9.17) is 0 Å². The third-order valence-electron chi connectivity index (χ3n) is 4.35. The summed E-state index contributed by atoms with van der Waals surface area (Å²) in [5, 5.41) is 5.79. The number of anilines is 1. The van der Waals surface area contributed by atoms with Crippen molar-refractivity contribution in [2.75, 3.05) is 31.1 Å². The summed E-state index contributed by atoms with van der Waals surface area (Å²) in [6.07, 6.45) is 6.99. The number of urea groups is 1. The number of carbonyl (C=O) groups excluding carboxylic acids is 1. The van der Waals surface area contributed by atoms with Crippen LogP contribution < -0.4 is 26.4 Å². The molecule has 4 N–H and O–H groups in total. The zero-order chi connectivity index (χ0) is 15.9. The molecule has 1 aromatic rings. The molecule has 0 unspecified atom stereocenters. The van der Waals surface area contributed by atoms with E-state index in [0.29, 0.717) is 6.54 Å². The fourth-order valence-electron chi connectivity index (χ4n) is 2.99. The second kappa shape index (κ2) is 8.12. The highest BCUT2D eigenvalue weighted by Crippen LogP contribution is 2.17. The Morgan fingerprint density at radius 2 is 1.91 bits per heavy atom. The highest BCUT2D eigenvalue weighted by atomic mass is 16.2. The quantitative estimate of drug-likeness (QED) is 0.658. The Hall–Kier alpha value is -1.86. The van der Waals surface area contributed by atoms with Gasteiger partial charge in [0.1, 0.15) is 5.82 Å². The Kier molecular flexibility index (Phi) is 5.65. The normalized spacial score (nSPS) is 19.4. The van der Waals surface area contributed by atoms with E-state index in [1.165, 1.54) is 25.7 Å². The Morgan fingerprint density at radius 1 is 1.17 bits per heavy atom. The van der Waals surface area contributed by atoms with Crippen LogP contribution in [0.15, 0.2) is 18.3 Å². The monoisotopic (exact) mass is 318 g/mol. The number of aromatic nitrogens is 1. The molecular formula is C16H26N6O. The van der Waals surface area contributed by atoms with E-state index in [2.05, 4.69) is 37.4 Å². The molecule has 7 nitrogen and oxygen atoms in total. The molecule has 2 amide bonds. The number of pyridine rings is 1. The largest absolute Gasteiger partial charge is 0.357 e. The lowest BCUT2D eigenvalue weighted by atomic mass is 10.2. The van der Waals surface area contributed by atoms with E-state index in [1.807, 2.05) is 12.3 Å². The lowest BCUT2D eigenvalue weighted by Gasteiger charge is -2.21. The zero-order valence-electron chi connectivity index (χ0n) is 13.5. The van der Waals surface area contributed by atoms with Gasteiger partial charge in [0.15, 0.2) is 0 Å². The minimum absolute atomic E-state index is 0.138. The topological polar surface area (TPSA) is 81.3 Å². The van der Waals surface area contributed by atoms with Gasteiger partial charge >= 0.3 is 6.03 Å². The SMILES string of the molecule is O=C(NCc1ccc(N2CCCCCC2)nc1)NC1CNNC1. The number of carbonyl (C=O) groups is 1. The average Bonchev–Trinajstić information content (AvgIpc) is 2.93. The zero-order valence-corrected chi connectivity index (χ0v) is 13.5. The number of hydrogen-bond donors (Lipinski definition) is 4. The van der Waals surface area contributed by atoms with Gasteiger partial charge in [-0.2, -0.15) is 0 Å². The molecule has 2 aliphatic rings. The first-order valence-electron chi connectivity index (χ1n) is 8.51. The second-order valence-electron chi connectivity index (χ2n) is 6.21. The van der Waals surface area contributed by atoms with E-state index >= 15 is 0 Å². The van der Waals surface area contributed by atoms with Crippen molar-refractivity contribution in [1.82, 2.24) is 26.5 Å². The molecule has 0 atom stereocenters. The Balaban J connectivity index is 1.46. The summed E-state index contributed by atoms with van der Waals surface area (Å²) in [6.45, 7) is 4.18. The van der Waals surface area contributed by atoms with Gasteiger partial charge in [0, 0.05) is 38.9 Å². The molecule has 2 fully saturated rings. The van der Waals surface area contributed by atoms with Crippen molar-refractivity contribution < 1.29 is 4.79 Å². The van der Waals surface area contributed by atoms with E-state index < -0.39 is 0 Å². The molecule has 0 aromatic carbocycles. The van der Waals surface area contributed by atoms with Crippen LogP contribution in [-0.4, -0.2) is 43.2 Å². The first-order chi connectivity index (χ1) is 11.3. The van der Waals surface area contributed by atoms with Crippen molar-refractivity contribution in [3.8, 4) is 0 Å². The second-order valence-corrected chi connectivity index (χ2v) is 6.21. The van der Waals surface area contributed by atoms with E-state index in [-0.39, 0.29) is 12.1 Å². The van der Waals surface area contributed by atoms with E-state index in [9.17, 15) is 4.79 Å². The summed E-state index contributed by atoms with van der Waals surface area (Å²) >= 11 is 0. The number of amides is 2. The molecule has 0 radical (unpaired) electrons. The molecule has 0 bridgehead atoms. The summed E-state index contributed by atoms with van der Waals surface area (Å²) in [5.74, 6) is 1.04. The molecule has 3 heterocycles. The minimum Gasteiger partial charge on any atom is -0.357 e. The van der Waals surface area contributed by atoms with Gasteiger partial charge < -0.3 is 15.5 Å². The molecular weight excluding hydrogens is 292 g/mol. The highest BCUT2D eigenvalue weighted by Gasteiger charge is 2.16. The summed E-state index contributed by atoms with van der Waals surface area (Å²) in [6, 6.07) is 4.10. The standard InChI is InChI=1S/C16H26N6O/c23-16(21-14-11-19-20-12-14)18-10-13-5-6-15(17-9-13)22-7-3-1-2-4-8-22/h5-6,9,14,19-20H,1-4,7-8,10-12H2,(H2,18,21,23). The van der Waals surface area contributed by atoms with Gasteiger partial charge in [0.2, 0.25) is 0 Å². The lowest BCUT2D eigenvalue weighted by molar-refractivity contribution is 0.238. The highest BCUT2D eigenvalue weighted by molar-refractivity contribution is 5.74. The maximum atomic E-state index is 11.8.